The number of likely N-dealkylation sites (N-methyl/N-ethyl adjacent to an activating group) is 1. The summed E-state index contributed by atoms with van der Waals surface area (Å²) in [5.41, 5.74) is 0.476. The Morgan fingerprint density at radius 1 is 1.47 bits per heavy atom. The number of benzene rings is 1. The fourth-order valence-corrected chi connectivity index (χ4v) is 1.63. The second-order valence-electron chi connectivity index (χ2n) is 4.39. The Kier molecular flexibility index (Phi) is 6.67. The molecule has 4 nitrogen and oxygen atoms in total. The SMILES string of the molecule is CCCOc1ccc(Cl)cc1C(=O)NCC(C)NC. The molecule has 5 heteroatoms. The summed E-state index contributed by atoms with van der Waals surface area (Å²) in [6.45, 7) is 5.14. The molecular weight excluding hydrogens is 264 g/mol. The highest BCUT2D eigenvalue weighted by molar-refractivity contribution is 6.31. The molecule has 2 N–H and O–H groups in total. The first-order valence-electron chi connectivity index (χ1n) is 6.46. The van der Waals surface area contributed by atoms with Gasteiger partial charge < -0.3 is 15.4 Å². The number of hydrogen-bond acceptors (Lipinski definition) is 3. The lowest BCUT2D eigenvalue weighted by molar-refractivity contribution is 0.0946. The van der Waals surface area contributed by atoms with E-state index in [0.717, 1.165) is 6.42 Å². The highest BCUT2D eigenvalue weighted by Crippen LogP contribution is 2.23. The topological polar surface area (TPSA) is 50.4 Å². The van der Waals surface area contributed by atoms with E-state index in [1.807, 2.05) is 20.9 Å². The lowest BCUT2D eigenvalue weighted by atomic mass is 10.2. The van der Waals surface area contributed by atoms with Crippen LogP contribution in [0.15, 0.2) is 18.2 Å². The average molecular weight is 285 g/mol. The molecule has 1 atom stereocenters. The Balaban J connectivity index is 2.78. The molecular formula is C14H21ClN2O2. The minimum absolute atomic E-state index is 0.171. The predicted octanol–water partition coefficient (Wildman–Crippen LogP) is 2.47. The van der Waals surface area contributed by atoms with Crippen LogP contribution < -0.4 is 15.4 Å². The van der Waals surface area contributed by atoms with E-state index >= 15 is 0 Å². The van der Waals surface area contributed by atoms with Crippen LogP contribution >= 0.6 is 11.6 Å². The zero-order valence-electron chi connectivity index (χ0n) is 11.6. The Labute approximate surface area is 119 Å². The van der Waals surface area contributed by atoms with Crippen LogP contribution in [0.1, 0.15) is 30.6 Å². The number of hydrogen-bond donors (Lipinski definition) is 2. The van der Waals surface area contributed by atoms with E-state index in [0.29, 0.717) is 29.5 Å². The first-order chi connectivity index (χ1) is 9.08. The maximum Gasteiger partial charge on any atom is 0.255 e. The first-order valence-corrected chi connectivity index (χ1v) is 6.84. The summed E-state index contributed by atoms with van der Waals surface area (Å²) >= 11 is 5.94. The molecule has 0 bridgehead atoms. The summed E-state index contributed by atoms with van der Waals surface area (Å²) in [6, 6.07) is 5.29. The number of amides is 1. The van der Waals surface area contributed by atoms with Crippen molar-refractivity contribution in [3.8, 4) is 5.75 Å². The van der Waals surface area contributed by atoms with Gasteiger partial charge in [0.2, 0.25) is 0 Å². The van der Waals surface area contributed by atoms with Crippen molar-refractivity contribution in [3.05, 3.63) is 28.8 Å². The molecule has 106 valence electrons. The van der Waals surface area contributed by atoms with Crippen molar-refractivity contribution in [2.24, 2.45) is 0 Å². The maximum atomic E-state index is 12.1. The smallest absolute Gasteiger partial charge is 0.255 e. The van der Waals surface area contributed by atoms with Gasteiger partial charge in [0.25, 0.3) is 5.91 Å². The molecule has 0 saturated heterocycles. The third-order valence-electron chi connectivity index (χ3n) is 2.71. The molecule has 1 aromatic rings. The fourth-order valence-electron chi connectivity index (χ4n) is 1.46. The van der Waals surface area contributed by atoms with Gasteiger partial charge in [0, 0.05) is 17.6 Å². The van der Waals surface area contributed by atoms with E-state index in [1.54, 1.807) is 18.2 Å². The quantitative estimate of drug-likeness (QED) is 0.809. The summed E-state index contributed by atoms with van der Waals surface area (Å²) in [4.78, 5) is 12.1. The van der Waals surface area contributed by atoms with Crippen LogP contribution in [0.3, 0.4) is 0 Å². The largest absolute Gasteiger partial charge is 0.493 e. The van der Waals surface area contributed by atoms with Crippen LogP contribution in [0.4, 0.5) is 0 Å². The Morgan fingerprint density at radius 2 is 2.21 bits per heavy atom. The summed E-state index contributed by atoms with van der Waals surface area (Å²) < 4.78 is 5.56. The van der Waals surface area contributed by atoms with Crippen LogP contribution in [0.25, 0.3) is 0 Å². The highest BCUT2D eigenvalue weighted by atomic mass is 35.5. The fraction of sp³-hybridized carbons (Fsp3) is 0.500. The van der Waals surface area contributed by atoms with Gasteiger partial charge in [0.1, 0.15) is 5.75 Å². The van der Waals surface area contributed by atoms with Crippen molar-refractivity contribution in [1.29, 1.82) is 0 Å². The molecule has 0 aliphatic rings. The molecule has 1 unspecified atom stereocenters. The zero-order valence-corrected chi connectivity index (χ0v) is 12.4. The van der Waals surface area contributed by atoms with Gasteiger partial charge in [-0.25, -0.2) is 0 Å². The minimum atomic E-state index is -0.171. The number of nitrogens with one attached hydrogen (secondary N) is 2. The summed E-state index contributed by atoms with van der Waals surface area (Å²) in [5.74, 6) is 0.400. The van der Waals surface area contributed by atoms with E-state index in [4.69, 9.17) is 16.3 Å². The second kappa shape index (κ2) is 8.02. The van der Waals surface area contributed by atoms with Gasteiger partial charge in [-0.3, -0.25) is 4.79 Å². The van der Waals surface area contributed by atoms with Crippen LogP contribution in [0.2, 0.25) is 5.02 Å². The Hall–Kier alpha value is -1.26. The lowest BCUT2D eigenvalue weighted by Gasteiger charge is -2.14. The van der Waals surface area contributed by atoms with Crippen LogP contribution in [-0.4, -0.2) is 32.1 Å². The molecule has 1 amide bonds. The van der Waals surface area contributed by atoms with Crippen molar-refractivity contribution >= 4 is 17.5 Å². The van der Waals surface area contributed by atoms with E-state index in [2.05, 4.69) is 10.6 Å². The molecule has 0 heterocycles. The summed E-state index contributed by atoms with van der Waals surface area (Å²) in [7, 11) is 1.85. The highest BCUT2D eigenvalue weighted by Gasteiger charge is 2.13. The van der Waals surface area contributed by atoms with E-state index < -0.39 is 0 Å². The van der Waals surface area contributed by atoms with Gasteiger partial charge in [-0.2, -0.15) is 0 Å². The molecule has 0 aromatic heterocycles. The number of ether oxygens (including phenoxy) is 1. The standard InChI is InChI=1S/C14H21ClN2O2/c1-4-7-19-13-6-5-11(15)8-12(13)14(18)17-9-10(2)16-3/h5-6,8,10,16H,4,7,9H2,1-3H3,(H,17,18). The average Bonchev–Trinajstić information content (AvgIpc) is 2.42. The normalized spacial score (nSPS) is 12.0. The van der Waals surface area contributed by atoms with Crippen LogP contribution in [-0.2, 0) is 0 Å². The van der Waals surface area contributed by atoms with Crippen molar-refractivity contribution < 1.29 is 9.53 Å². The van der Waals surface area contributed by atoms with E-state index in [-0.39, 0.29) is 11.9 Å². The monoisotopic (exact) mass is 284 g/mol. The molecule has 19 heavy (non-hydrogen) atoms. The van der Waals surface area contributed by atoms with Gasteiger partial charge in [-0.05, 0) is 38.6 Å². The number of carbonyl (C=O) groups is 1. The van der Waals surface area contributed by atoms with Crippen LogP contribution in [0.5, 0.6) is 5.75 Å². The second-order valence-corrected chi connectivity index (χ2v) is 4.83. The molecule has 0 radical (unpaired) electrons. The molecule has 0 aliphatic carbocycles. The lowest BCUT2D eigenvalue weighted by Crippen LogP contribution is -2.37. The van der Waals surface area contributed by atoms with Crippen molar-refractivity contribution in [1.82, 2.24) is 10.6 Å². The van der Waals surface area contributed by atoms with E-state index in [9.17, 15) is 4.79 Å². The Bertz CT molecular complexity index is 424. The molecule has 0 fully saturated rings. The van der Waals surface area contributed by atoms with Gasteiger partial charge in [-0.15, -0.1) is 0 Å². The van der Waals surface area contributed by atoms with Gasteiger partial charge in [0.15, 0.2) is 0 Å². The van der Waals surface area contributed by atoms with Gasteiger partial charge in [0.05, 0.1) is 12.2 Å². The van der Waals surface area contributed by atoms with Gasteiger partial charge in [-0.1, -0.05) is 18.5 Å². The Morgan fingerprint density at radius 3 is 2.84 bits per heavy atom. The summed E-state index contributed by atoms with van der Waals surface area (Å²) in [5, 5.41) is 6.44. The maximum absolute atomic E-state index is 12.1. The third-order valence-corrected chi connectivity index (χ3v) is 2.94. The molecule has 1 rings (SSSR count). The molecule has 0 aliphatic heterocycles. The van der Waals surface area contributed by atoms with Crippen molar-refractivity contribution in [2.75, 3.05) is 20.2 Å². The first kappa shape index (κ1) is 15.8. The molecule has 1 aromatic carbocycles. The van der Waals surface area contributed by atoms with E-state index in [1.165, 1.54) is 0 Å². The minimum Gasteiger partial charge on any atom is -0.493 e. The zero-order chi connectivity index (χ0) is 14.3. The molecule has 0 spiro atoms. The predicted molar refractivity (Wildman–Crippen MR) is 78.1 cm³/mol. The third kappa shape index (κ3) is 5.09. The van der Waals surface area contributed by atoms with Crippen LogP contribution in [0, 0.1) is 0 Å². The number of halogens is 1. The number of rotatable bonds is 7. The molecule has 0 saturated carbocycles. The van der Waals surface area contributed by atoms with Crippen molar-refractivity contribution in [3.63, 3.8) is 0 Å². The number of carbonyl (C=O) groups excluding carboxylic acids is 1. The van der Waals surface area contributed by atoms with Crippen molar-refractivity contribution in [2.45, 2.75) is 26.3 Å². The van der Waals surface area contributed by atoms with Gasteiger partial charge >= 0.3 is 0 Å². The summed E-state index contributed by atoms with van der Waals surface area (Å²) in [6.07, 6.45) is 0.889.